The second kappa shape index (κ2) is 10.6. The van der Waals surface area contributed by atoms with Crippen LogP contribution in [0.15, 0.2) is 104 Å². The first-order valence-corrected chi connectivity index (χ1v) is 14.7. The molecule has 7 heterocycles. The average Bonchev–Trinajstić information content (AvgIpc) is 3.45. The van der Waals surface area contributed by atoms with Gasteiger partial charge >= 0.3 is 0 Å². The Morgan fingerprint density at radius 2 is 1.51 bits per heavy atom. The maximum absolute atomic E-state index is 6.35. The number of hydrogen-bond acceptors (Lipinski definition) is 8. The Kier molecular flexibility index (Phi) is 6.30. The van der Waals surface area contributed by atoms with Crippen molar-refractivity contribution in [1.82, 2.24) is 34.4 Å². The fourth-order valence-corrected chi connectivity index (χ4v) is 6.54. The number of nitrogens with two attached hydrogens (primary N) is 1. The molecule has 3 aliphatic heterocycles. The number of aromatic nitrogens is 6. The molecule has 0 saturated carbocycles. The molecule has 3 aliphatic rings. The number of rotatable bonds is 6. The van der Waals surface area contributed by atoms with Crippen LogP contribution in [-0.4, -0.2) is 59.6 Å². The fourth-order valence-electron chi connectivity index (χ4n) is 6.54. The lowest BCUT2D eigenvalue weighted by Gasteiger charge is -2.51. The topological polar surface area (TPSA) is 102 Å². The zero-order chi connectivity index (χ0) is 28.8. The number of nitrogens with zero attached hydrogens (tertiary/aromatic N) is 8. The largest absolute Gasteiger partial charge is 0.383 e. The lowest BCUT2D eigenvalue weighted by atomic mass is 9.90. The smallest absolute Gasteiger partial charge is 0.225 e. The van der Waals surface area contributed by atoms with Crippen LogP contribution in [0.1, 0.15) is 18.4 Å². The van der Waals surface area contributed by atoms with Gasteiger partial charge < -0.3 is 10.6 Å². The predicted molar refractivity (Wildman–Crippen MR) is 169 cm³/mol. The molecule has 2 unspecified atom stereocenters. The van der Waals surface area contributed by atoms with E-state index in [0.29, 0.717) is 17.9 Å². The summed E-state index contributed by atoms with van der Waals surface area (Å²) in [5.74, 6) is 2.01. The number of benzene rings is 2. The van der Waals surface area contributed by atoms with E-state index in [-0.39, 0.29) is 0 Å². The Labute approximate surface area is 249 Å². The molecule has 9 nitrogen and oxygen atoms in total. The van der Waals surface area contributed by atoms with Gasteiger partial charge in [-0.15, -0.1) is 0 Å². The molecule has 0 radical (unpaired) electrons. The van der Waals surface area contributed by atoms with Crippen LogP contribution in [0.25, 0.3) is 39.5 Å². The van der Waals surface area contributed by atoms with E-state index in [1.54, 1.807) is 6.20 Å². The monoisotopic (exact) mass is 565 g/mol. The van der Waals surface area contributed by atoms with Gasteiger partial charge in [0.25, 0.3) is 0 Å². The van der Waals surface area contributed by atoms with E-state index in [4.69, 9.17) is 15.7 Å². The lowest BCUT2D eigenvalue weighted by molar-refractivity contribution is 0.0879. The molecule has 212 valence electrons. The van der Waals surface area contributed by atoms with Gasteiger partial charge in [-0.3, -0.25) is 9.47 Å². The van der Waals surface area contributed by atoms with Gasteiger partial charge in [0.15, 0.2) is 11.5 Å². The summed E-state index contributed by atoms with van der Waals surface area (Å²) in [6.45, 7) is 2.90. The van der Waals surface area contributed by atoms with E-state index < -0.39 is 0 Å². The van der Waals surface area contributed by atoms with Crippen molar-refractivity contribution in [1.29, 1.82) is 0 Å². The molecule has 2 aromatic carbocycles. The van der Waals surface area contributed by atoms with Crippen LogP contribution in [-0.2, 0) is 6.54 Å². The van der Waals surface area contributed by atoms with Crippen molar-refractivity contribution in [2.75, 3.05) is 23.7 Å². The van der Waals surface area contributed by atoms with Crippen LogP contribution in [0, 0.1) is 0 Å². The van der Waals surface area contributed by atoms with Crippen molar-refractivity contribution in [3.05, 3.63) is 109 Å². The molecule has 3 saturated heterocycles. The Bertz CT molecular complexity index is 1890. The van der Waals surface area contributed by atoms with Crippen molar-refractivity contribution in [2.45, 2.75) is 31.5 Å². The Hall–Kier alpha value is -5.15. The lowest BCUT2D eigenvalue weighted by Crippen LogP contribution is -2.62. The summed E-state index contributed by atoms with van der Waals surface area (Å²) in [7, 11) is 0. The normalized spacial score (nSPS) is 18.4. The molecule has 6 aromatic rings. The van der Waals surface area contributed by atoms with Crippen molar-refractivity contribution in [3.8, 4) is 28.3 Å². The molecule has 9 rings (SSSR count). The maximum Gasteiger partial charge on any atom is 0.225 e. The first kappa shape index (κ1) is 25.6. The van der Waals surface area contributed by atoms with Gasteiger partial charge in [0, 0.05) is 61.6 Å². The van der Waals surface area contributed by atoms with Crippen molar-refractivity contribution < 1.29 is 0 Å². The van der Waals surface area contributed by atoms with E-state index in [2.05, 4.69) is 65.7 Å². The number of piperazine rings is 1. The first-order chi connectivity index (χ1) is 21.2. The average molecular weight is 566 g/mol. The molecule has 0 amide bonds. The van der Waals surface area contributed by atoms with Gasteiger partial charge in [0.05, 0.1) is 11.3 Å². The van der Waals surface area contributed by atoms with Gasteiger partial charge in [-0.05, 0) is 60.9 Å². The summed E-state index contributed by atoms with van der Waals surface area (Å²) in [6, 6.07) is 29.7. The third-order valence-electron chi connectivity index (χ3n) is 8.69. The number of anilines is 2. The molecule has 2 bridgehead atoms. The highest BCUT2D eigenvalue weighted by Gasteiger charge is 2.39. The molecule has 9 heteroatoms. The SMILES string of the molecule is Nc1ncccc1-c1nc2ccc(-c3ccccc3)nc2n1-c1ccc(CN2CC3CCC2CN3c2ncccn2)cc1. The molecule has 43 heavy (non-hydrogen) atoms. The molecule has 4 aromatic heterocycles. The highest BCUT2D eigenvalue weighted by atomic mass is 15.4. The second-order valence-electron chi connectivity index (χ2n) is 11.3. The standard InChI is InChI=1S/C34H31N9/c35-31-28(8-4-17-36-31)32-40-30-16-15-29(24-6-2-1-3-7-24)39-33(30)43(32)25-11-9-23(10-12-25)20-41-21-27-14-13-26(41)22-42(27)34-37-18-5-19-38-34/h1-12,15-19,26-27H,13-14,20-22H2,(H2,35,36). The summed E-state index contributed by atoms with van der Waals surface area (Å²) in [5.41, 5.74) is 12.9. The highest BCUT2D eigenvalue weighted by Crippen LogP contribution is 2.34. The van der Waals surface area contributed by atoms with Crippen LogP contribution < -0.4 is 10.6 Å². The third kappa shape index (κ3) is 4.67. The van der Waals surface area contributed by atoms with E-state index in [1.807, 2.05) is 60.9 Å². The van der Waals surface area contributed by atoms with Crippen molar-refractivity contribution in [2.24, 2.45) is 0 Å². The fraction of sp³-hybridized carbons (Fsp3) is 0.206. The van der Waals surface area contributed by atoms with Gasteiger partial charge in [0.2, 0.25) is 5.95 Å². The van der Waals surface area contributed by atoms with E-state index in [1.165, 1.54) is 18.4 Å². The minimum absolute atomic E-state index is 0.439. The van der Waals surface area contributed by atoms with Crippen LogP contribution in [0.2, 0.25) is 0 Å². The Balaban J connectivity index is 1.12. The maximum atomic E-state index is 6.35. The summed E-state index contributed by atoms with van der Waals surface area (Å²) in [4.78, 5) is 28.4. The van der Waals surface area contributed by atoms with E-state index in [9.17, 15) is 0 Å². The van der Waals surface area contributed by atoms with Crippen LogP contribution >= 0.6 is 0 Å². The summed E-state index contributed by atoms with van der Waals surface area (Å²) < 4.78 is 2.10. The number of fused-ring (bicyclic) bond motifs is 4. The molecular weight excluding hydrogens is 534 g/mol. The predicted octanol–water partition coefficient (Wildman–Crippen LogP) is 5.37. The van der Waals surface area contributed by atoms with Gasteiger partial charge in [-0.25, -0.2) is 24.9 Å². The zero-order valence-corrected chi connectivity index (χ0v) is 23.7. The first-order valence-electron chi connectivity index (χ1n) is 14.7. The number of pyridine rings is 2. The summed E-state index contributed by atoms with van der Waals surface area (Å²) in [5, 5.41) is 0. The molecule has 2 atom stereocenters. The minimum atomic E-state index is 0.439. The zero-order valence-electron chi connectivity index (χ0n) is 23.7. The van der Waals surface area contributed by atoms with Crippen molar-refractivity contribution >= 4 is 22.9 Å². The van der Waals surface area contributed by atoms with Gasteiger partial charge in [-0.2, -0.15) is 0 Å². The quantitative estimate of drug-likeness (QED) is 0.287. The molecule has 0 spiro atoms. The minimum Gasteiger partial charge on any atom is -0.383 e. The Morgan fingerprint density at radius 1 is 0.721 bits per heavy atom. The summed E-state index contributed by atoms with van der Waals surface area (Å²) >= 11 is 0. The van der Waals surface area contributed by atoms with Crippen LogP contribution in [0.3, 0.4) is 0 Å². The number of nitrogen functional groups attached to an aromatic ring is 1. The second-order valence-corrected chi connectivity index (χ2v) is 11.3. The van der Waals surface area contributed by atoms with Crippen molar-refractivity contribution in [3.63, 3.8) is 0 Å². The van der Waals surface area contributed by atoms with Gasteiger partial charge in [-0.1, -0.05) is 42.5 Å². The van der Waals surface area contributed by atoms with Crippen LogP contribution in [0.4, 0.5) is 11.8 Å². The van der Waals surface area contributed by atoms with E-state index in [0.717, 1.165) is 65.1 Å². The molecule has 0 aliphatic carbocycles. The highest BCUT2D eigenvalue weighted by molar-refractivity contribution is 5.84. The van der Waals surface area contributed by atoms with E-state index >= 15 is 0 Å². The molecule has 3 fully saturated rings. The molecule has 2 N–H and O–H groups in total. The third-order valence-corrected chi connectivity index (χ3v) is 8.69. The van der Waals surface area contributed by atoms with Gasteiger partial charge in [0.1, 0.15) is 11.3 Å². The summed E-state index contributed by atoms with van der Waals surface area (Å²) in [6.07, 6.45) is 7.76. The molecular formula is C34H31N9. The number of hydrogen-bond donors (Lipinski definition) is 1. The number of imidazole rings is 1. The number of piperidine rings is 2. The van der Waals surface area contributed by atoms with Crippen LogP contribution in [0.5, 0.6) is 0 Å². The Morgan fingerprint density at radius 3 is 2.28 bits per heavy atom.